The Morgan fingerprint density at radius 2 is 2.27 bits per heavy atom. The molecule has 0 saturated carbocycles. The average molecular weight is 302 g/mol. The highest BCUT2D eigenvalue weighted by molar-refractivity contribution is 5.86. The zero-order valence-corrected chi connectivity index (χ0v) is 12.2. The molecule has 3 heterocycles. The summed E-state index contributed by atoms with van der Waals surface area (Å²) in [4.78, 5) is 14.3. The number of methoxy groups -OCH3 is 1. The molecule has 0 atom stereocenters. The first-order valence-corrected chi connectivity index (χ1v) is 7.04. The summed E-state index contributed by atoms with van der Waals surface area (Å²) in [7, 11) is 1.32. The molecular weight excluding hydrogens is 284 g/mol. The number of aryl methyl sites for hydroxylation is 2. The highest BCUT2D eigenvalue weighted by atomic mass is 16.5. The molecule has 0 aromatic carbocycles. The lowest BCUT2D eigenvalue weighted by Crippen LogP contribution is -2.02. The quantitative estimate of drug-likeness (QED) is 0.548. The zero-order chi connectivity index (χ0) is 15.4. The van der Waals surface area contributed by atoms with Gasteiger partial charge in [-0.2, -0.15) is 5.10 Å². The molecule has 8 nitrogen and oxygen atoms in total. The third-order valence-corrected chi connectivity index (χ3v) is 3.36. The van der Waals surface area contributed by atoms with Crippen molar-refractivity contribution in [2.45, 2.75) is 25.8 Å². The number of nitrogens with zero attached hydrogens (tertiary/aromatic N) is 5. The van der Waals surface area contributed by atoms with Crippen molar-refractivity contribution in [1.82, 2.24) is 30.2 Å². The standard InChI is InChI=1S/C14H16N6O2.H2/c1-22-14(21)12-9-20(19-17-12)7-3-2-4-11-8-10-5-6-15-13(10)18-16-11;/h5-6,8-9H,2-4,7H2,1H3,(H,15,18);1H. The van der Waals surface area contributed by atoms with Gasteiger partial charge in [0.15, 0.2) is 11.3 Å². The van der Waals surface area contributed by atoms with Crippen LogP contribution < -0.4 is 0 Å². The van der Waals surface area contributed by atoms with Crippen LogP contribution in [0.4, 0.5) is 0 Å². The highest BCUT2D eigenvalue weighted by Gasteiger charge is 2.10. The van der Waals surface area contributed by atoms with E-state index in [0.717, 1.165) is 36.0 Å². The van der Waals surface area contributed by atoms with Gasteiger partial charge in [-0.05, 0) is 31.4 Å². The minimum Gasteiger partial charge on any atom is -0.464 e. The number of hydrogen-bond donors (Lipinski definition) is 1. The summed E-state index contributed by atoms with van der Waals surface area (Å²) >= 11 is 0. The Morgan fingerprint density at radius 1 is 1.36 bits per heavy atom. The smallest absolute Gasteiger partial charge is 0.360 e. The summed E-state index contributed by atoms with van der Waals surface area (Å²) < 4.78 is 6.24. The minimum absolute atomic E-state index is 0. The number of fused-ring (bicyclic) bond motifs is 1. The van der Waals surface area contributed by atoms with Crippen molar-refractivity contribution in [3.05, 3.63) is 35.9 Å². The highest BCUT2D eigenvalue weighted by Crippen LogP contribution is 2.11. The average Bonchev–Trinajstić information content (AvgIpc) is 3.19. The van der Waals surface area contributed by atoms with Gasteiger partial charge in [-0.15, -0.1) is 10.2 Å². The van der Waals surface area contributed by atoms with E-state index in [1.807, 2.05) is 18.3 Å². The van der Waals surface area contributed by atoms with E-state index in [1.54, 1.807) is 10.9 Å². The first-order valence-electron chi connectivity index (χ1n) is 7.04. The Hall–Kier alpha value is -2.77. The molecule has 0 aliphatic carbocycles. The van der Waals surface area contributed by atoms with E-state index in [2.05, 4.69) is 30.2 Å². The lowest BCUT2D eigenvalue weighted by atomic mass is 10.1. The fourth-order valence-electron chi connectivity index (χ4n) is 2.21. The van der Waals surface area contributed by atoms with Crippen LogP contribution in [0.15, 0.2) is 24.5 Å². The normalized spacial score (nSPS) is 11.0. The van der Waals surface area contributed by atoms with Crippen molar-refractivity contribution in [2.24, 2.45) is 0 Å². The molecule has 8 heteroatoms. The minimum atomic E-state index is -0.471. The van der Waals surface area contributed by atoms with Gasteiger partial charge in [0.1, 0.15) is 0 Å². The van der Waals surface area contributed by atoms with E-state index >= 15 is 0 Å². The molecule has 0 aliphatic rings. The number of H-pyrrole nitrogens is 1. The van der Waals surface area contributed by atoms with Crippen LogP contribution in [0.3, 0.4) is 0 Å². The maximum atomic E-state index is 11.3. The molecule has 0 spiro atoms. The SMILES string of the molecule is COC(=O)c1cn(CCCCc2cc3cc[nH]c3nn2)nn1.[HH]. The van der Waals surface area contributed by atoms with Gasteiger partial charge in [0.25, 0.3) is 0 Å². The number of nitrogens with one attached hydrogen (secondary N) is 1. The van der Waals surface area contributed by atoms with Crippen molar-refractivity contribution >= 4 is 17.0 Å². The Bertz CT molecular complexity index is 784. The molecule has 1 N–H and O–H groups in total. The van der Waals surface area contributed by atoms with Gasteiger partial charge in [-0.1, -0.05) is 5.21 Å². The molecule has 116 valence electrons. The Morgan fingerprint density at radius 3 is 3.14 bits per heavy atom. The van der Waals surface area contributed by atoms with Crippen LogP contribution in [0.25, 0.3) is 11.0 Å². The number of aromatic nitrogens is 6. The first kappa shape index (κ1) is 14.2. The van der Waals surface area contributed by atoms with E-state index in [9.17, 15) is 4.79 Å². The van der Waals surface area contributed by atoms with Crippen LogP contribution in [-0.2, 0) is 17.7 Å². The molecule has 0 unspecified atom stereocenters. The number of esters is 1. The second-order valence-electron chi connectivity index (χ2n) is 4.93. The molecule has 3 aromatic heterocycles. The summed E-state index contributed by atoms with van der Waals surface area (Å²) in [6.45, 7) is 0.698. The summed E-state index contributed by atoms with van der Waals surface area (Å²) in [5, 5.41) is 17.0. The van der Waals surface area contributed by atoms with Crippen molar-refractivity contribution < 1.29 is 11.0 Å². The van der Waals surface area contributed by atoms with E-state index in [-0.39, 0.29) is 7.12 Å². The van der Waals surface area contributed by atoms with Crippen molar-refractivity contribution in [3.63, 3.8) is 0 Å². The first-order chi connectivity index (χ1) is 10.8. The number of ether oxygens (including phenoxy) is 1. The largest absolute Gasteiger partial charge is 0.464 e. The van der Waals surface area contributed by atoms with Crippen molar-refractivity contribution in [3.8, 4) is 0 Å². The van der Waals surface area contributed by atoms with Gasteiger partial charge < -0.3 is 9.72 Å². The van der Waals surface area contributed by atoms with Crippen molar-refractivity contribution in [1.29, 1.82) is 0 Å². The van der Waals surface area contributed by atoms with E-state index in [0.29, 0.717) is 6.54 Å². The van der Waals surface area contributed by atoms with E-state index < -0.39 is 5.97 Å². The van der Waals surface area contributed by atoms with Crippen LogP contribution in [0.2, 0.25) is 0 Å². The molecule has 0 aliphatic heterocycles. The second-order valence-corrected chi connectivity index (χ2v) is 4.93. The molecular formula is C14H18N6O2. The Balaban J connectivity index is 0.00000192. The second kappa shape index (κ2) is 6.33. The van der Waals surface area contributed by atoms with Gasteiger partial charge in [0.05, 0.1) is 19.0 Å². The van der Waals surface area contributed by atoms with Gasteiger partial charge in [0.2, 0.25) is 0 Å². The maximum absolute atomic E-state index is 11.3. The zero-order valence-electron chi connectivity index (χ0n) is 12.2. The van der Waals surface area contributed by atoms with E-state index in [1.165, 1.54) is 7.11 Å². The molecule has 0 amide bonds. The molecule has 3 aromatic rings. The molecule has 0 fully saturated rings. The van der Waals surface area contributed by atoms with Crippen LogP contribution in [0.1, 0.15) is 30.5 Å². The lowest BCUT2D eigenvalue weighted by Gasteiger charge is -2.01. The van der Waals surface area contributed by atoms with Gasteiger partial charge in [-0.25, -0.2) is 4.79 Å². The molecule has 3 rings (SSSR count). The number of carbonyl (C=O) groups is 1. The summed E-state index contributed by atoms with van der Waals surface area (Å²) in [5.41, 5.74) is 2.01. The van der Waals surface area contributed by atoms with Crippen LogP contribution in [0, 0.1) is 0 Å². The summed E-state index contributed by atoms with van der Waals surface area (Å²) in [6.07, 6.45) is 6.17. The Kier molecular flexibility index (Phi) is 4.08. The van der Waals surface area contributed by atoms with Crippen LogP contribution in [0.5, 0.6) is 0 Å². The monoisotopic (exact) mass is 302 g/mol. The molecule has 0 bridgehead atoms. The third kappa shape index (κ3) is 3.11. The predicted octanol–water partition coefficient (Wildman–Crippen LogP) is 1.60. The van der Waals surface area contributed by atoms with Crippen molar-refractivity contribution in [2.75, 3.05) is 7.11 Å². The lowest BCUT2D eigenvalue weighted by molar-refractivity contribution is 0.0594. The molecule has 0 saturated heterocycles. The maximum Gasteiger partial charge on any atom is 0.360 e. The topological polar surface area (TPSA) is 98.6 Å². The summed E-state index contributed by atoms with van der Waals surface area (Å²) in [6, 6.07) is 4.03. The number of hydrogen-bond acceptors (Lipinski definition) is 6. The van der Waals surface area contributed by atoms with Gasteiger partial charge >= 0.3 is 5.97 Å². The molecule has 22 heavy (non-hydrogen) atoms. The predicted molar refractivity (Wildman–Crippen MR) is 80.3 cm³/mol. The summed E-state index contributed by atoms with van der Waals surface area (Å²) in [5.74, 6) is -0.471. The number of unbranched alkanes of at least 4 members (excludes halogenated alkanes) is 1. The molecule has 0 radical (unpaired) electrons. The van der Waals surface area contributed by atoms with Gasteiger partial charge in [-0.3, -0.25) is 4.68 Å². The Labute approximate surface area is 128 Å². The van der Waals surface area contributed by atoms with Crippen LogP contribution >= 0.6 is 0 Å². The number of carbonyl (C=O) groups excluding carboxylic acids is 1. The van der Waals surface area contributed by atoms with Crippen LogP contribution in [-0.4, -0.2) is 43.3 Å². The van der Waals surface area contributed by atoms with Gasteiger partial charge in [0, 0.05) is 19.6 Å². The third-order valence-electron chi connectivity index (χ3n) is 3.36. The number of rotatable bonds is 6. The number of aromatic amines is 1. The fourth-order valence-corrected chi connectivity index (χ4v) is 2.21. The fraction of sp³-hybridized carbons (Fsp3) is 0.357. The van der Waals surface area contributed by atoms with E-state index in [4.69, 9.17) is 0 Å².